The van der Waals surface area contributed by atoms with E-state index in [2.05, 4.69) is 0 Å². The number of nitrogens with zero attached hydrogens (tertiary/aromatic N) is 3. The largest absolute Gasteiger partial charge is 0.312 e. The van der Waals surface area contributed by atoms with Crippen LogP contribution < -0.4 is 0 Å². The fourth-order valence-electron chi connectivity index (χ4n) is 1.18. The molecule has 4 nitrogen and oxygen atoms in total. The van der Waals surface area contributed by atoms with Gasteiger partial charge in [-0.3, -0.25) is 4.79 Å². The van der Waals surface area contributed by atoms with Crippen molar-refractivity contribution >= 4 is 17.5 Å². The summed E-state index contributed by atoms with van der Waals surface area (Å²) in [5.41, 5.74) is 0.301. The summed E-state index contributed by atoms with van der Waals surface area (Å²) < 4.78 is 0. The van der Waals surface area contributed by atoms with E-state index in [1.54, 1.807) is 24.3 Å². The van der Waals surface area contributed by atoms with Crippen molar-refractivity contribution in [3.8, 4) is 12.1 Å². The first-order valence-corrected chi connectivity index (χ1v) is 4.86. The Labute approximate surface area is 98.3 Å². The lowest BCUT2D eigenvalue weighted by atomic mass is 10.2. The molecule has 0 atom stereocenters. The molecule has 0 aliphatic carbocycles. The highest BCUT2D eigenvalue weighted by molar-refractivity contribution is 6.33. The molecule has 0 aliphatic rings. The summed E-state index contributed by atoms with van der Waals surface area (Å²) in [4.78, 5) is 13.0. The molecule has 1 rings (SSSR count). The zero-order chi connectivity index (χ0) is 12.0. The summed E-state index contributed by atoms with van der Waals surface area (Å²) in [7, 11) is 0. The molecule has 1 amide bonds. The maximum atomic E-state index is 11.9. The average Bonchev–Trinajstić information content (AvgIpc) is 2.28. The van der Waals surface area contributed by atoms with Crippen molar-refractivity contribution in [1.82, 2.24) is 4.90 Å². The lowest BCUT2D eigenvalue weighted by Gasteiger charge is -2.16. The van der Waals surface area contributed by atoms with Crippen molar-refractivity contribution in [3.63, 3.8) is 0 Å². The molecule has 80 valence electrons. The molecule has 0 unspecified atom stereocenters. The van der Waals surface area contributed by atoms with Crippen LogP contribution in [-0.2, 0) is 0 Å². The zero-order valence-corrected chi connectivity index (χ0v) is 9.11. The lowest BCUT2D eigenvalue weighted by Crippen LogP contribution is -2.31. The Bertz CT molecular complexity index is 457. The smallest absolute Gasteiger partial charge is 0.257 e. The van der Waals surface area contributed by atoms with E-state index in [1.807, 2.05) is 12.1 Å². The molecule has 0 spiro atoms. The van der Waals surface area contributed by atoms with Gasteiger partial charge >= 0.3 is 0 Å². The van der Waals surface area contributed by atoms with Crippen molar-refractivity contribution in [2.24, 2.45) is 0 Å². The number of hydrogen-bond donors (Lipinski definition) is 0. The van der Waals surface area contributed by atoms with Gasteiger partial charge in [0.2, 0.25) is 0 Å². The second-order valence-electron chi connectivity index (χ2n) is 2.96. The van der Waals surface area contributed by atoms with Gasteiger partial charge in [-0.05, 0) is 12.1 Å². The Balaban J connectivity index is 2.96. The minimum absolute atomic E-state index is 0.127. The molecule has 0 aliphatic heterocycles. The topological polar surface area (TPSA) is 67.9 Å². The van der Waals surface area contributed by atoms with E-state index >= 15 is 0 Å². The summed E-state index contributed by atoms with van der Waals surface area (Å²) >= 11 is 5.85. The monoisotopic (exact) mass is 233 g/mol. The lowest BCUT2D eigenvalue weighted by molar-refractivity contribution is 0.0795. The van der Waals surface area contributed by atoms with Gasteiger partial charge in [-0.2, -0.15) is 10.5 Å². The average molecular weight is 234 g/mol. The highest BCUT2D eigenvalue weighted by atomic mass is 35.5. The maximum Gasteiger partial charge on any atom is 0.257 e. The van der Waals surface area contributed by atoms with Gasteiger partial charge in [-0.15, -0.1) is 0 Å². The normalized spacial score (nSPS) is 8.94. The van der Waals surface area contributed by atoms with Crippen LogP contribution >= 0.6 is 11.6 Å². The minimum Gasteiger partial charge on any atom is -0.312 e. The fourth-order valence-corrected chi connectivity index (χ4v) is 1.39. The molecule has 5 heteroatoms. The van der Waals surface area contributed by atoms with Gasteiger partial charge < -0.3 is 4.90 Å². The van der Waals surface area contributed by atoms with Crippen LogP contribution in [0.2, 0.25) is 5.02 Å². The van der Waals surface area contributed by atoms with Crippen LogP contribution in [-0.4, -0.2) is 23.9 Å². The predicted molar refractivity (Wildman–Crippen MR) is 58.6 cm³/mol. The van der Waals surface area contributed by atoms with E-state index in [-0.39, 0.29) is 13.1 Å². The predicted octanol–water partition coefficient (Wildman–Crippen LogP) is 1.83. The van der Waals surface area contributed by atoms with E-state index in [1.165, 1.54) is 0 Å². The Morgan fingerprint density at radius 2 is 1.81 bits per heavy atom. The molecule has 16 heavy (non-hydrogen) atoms. The summed E-state index contributed by atoms with van der Waals surface area (Å²) in [5, 5.41) is 17.4. The Morgan fingerprint density at radius 3 is 2.31 bits per heavy atom. The summed E-state index contributed by atoms with van der Waals surface area (Å²) in [5.74, 6) is -0.409. The van der Waals surface area contributed by atoms with Crippen LogP contribution in [0.5, 0.6) is 0 Å². The molecular formula is C11H8ClN3O. The first-order valence-electron chi connectivity index (χ1n) is 4.48. The molecule has 1 aromatic carbocycles. The van der Waals surface area contributed by atoms with Crippen LogP contribution in [0, 0.1) is 22.7 Å². The molecule has 0 radical (unpaired) electrons. The van der Waals surface area contributed by atoms with Crippen molar-refractivity contribution in [3.05, 3.63) is 34.9 Å². The first-order chi connectivity index (χ1) is 7.70. The zero-order valence-electron chi connectivity index (χ0n) is 8.35. The van der Waals surface area contributed by atoms with E-state index < -0.39 is 5.91 Å². The first kappa shape index (κ1) is 12.0. The molecule has 0 bridgehead atoms. The van der Waals surface area contributed by atoms with Gasteiger partial charge in [0, 0.05) is 0 Å². The Morgan fingerprint density at radius 1 is 1.25 bits per heavy atom. The number of rotatable bonds is 3. The third-order valence-corrected chi connectivity index (χ3v) is 2.24. The molecule has 0 aromatic heterocycles. The number of halogens is 1. The summed E-state index contributed by atoms with van der Waals surface area (Å²) in [6, 6.07) is 10.2. The van der Waals surface area contributed by atoms with Gasteiger partial charge in [0.15, 0.2) is 0 Å². The van der Waals surface area contributed by atoms with Crippen LogP contribution in [0.15, 0.2) is 24.3 Å². The number of carbonyl (C=O) groups is 1. The van der Waals surface area contributed by atoms with Gasteiger partial charge in [0.05, 0.1) is 22.7 Å². The second kappa shape index (κ2) is 5.75. The number of amides is 1. The molecule has 1 aromatic rings. The molecule has 0 fully saturated rings. The van der Waals surface area contributed by atoms with Crippen LogP contribution in [0.25, 0.3) is 0 Å². The van der Waals surface area contributed by atoms with Gasteiger partial charge in [0.1, 0.15) is 13.1 Å². The second-order valence-corrected chi connectivity index (χ2v) is 3.36. The van der Waals surface area contributed by atoms with Crippen LogP contribution in [0.4, 0.5) is 0 Å². The summed E-state index contributed by atoms with van der Waals surface area (Å²) in [6.07, 6.45) is 0. The van der Waals surface area contributed by atoms with Crippen LogP contribution in [0.3, 0.4) is 0 Å². The van der Waals surface area contributed by atoms with E-state index in [0.29, 0.717) is 10.6 Å². The highest BCUT2D eigenvalue weighted by Gasteiger charge is 2.17. The number of benzene rings is 1. The van der Waals surface area contributed by atoms with Crippen molar-refractivity contribution in [2.75, 3.05) is 13.1 Å². The van der Waals surface area contributed by atoms with Gasteiger partial charge in [-0.25, -0.2) is 0 Å². The van der Waals surface area contributed by atoms with E-state index in [4.69, 9.17) is 22.1 Å². The molecule has 0 saturated carbocycles. The highest BCUT2D eigenvalue weighted by Crippen LogP contribution is 2.16. The number of nitriles is 2. The van der Waals surface area contributed by atoms with E-state index in [0.717, 1.165) is 4.90 Å². The Hall–Kier alpha value is -2.04. The molecular weight excluding hydrogens is 226 g/mol. The van der Waals surface area contributed by atoms with Crippen molar-refractivity contribution in [1.29, 1.82) is 10.5 Å². The number of hydrogen-bond acceptors (Lipinski definition) is 3. The van der Waals surface area contributed by atoms with Gasteiger partial charge in [-0.1, -0.05) is 23.7 Å². The maximum absolute atomic E-state index is 11.9. The third-order valence-electron chi connectivity index (χ3n) is 1.91. The van der Waals surface area contributed by atoms with Crippen LogP contribution in [0.1, 0.15) is 10.4 Å². The Kier molecular flexibility index (Phi) is 4.32. The van der Waals surface area contributed by atoms with Crippen molar-refractivity contribution < 1.29 is 4.79 Å². The molecule has 0 saturated heterocycles. The van der Waals surface area contributed by atoms with Gasteiger partial charge in [0.25, 0.3) is 5.91 Å². The van der Waals surface area contributed by atoms with Crippen molar-refractivity contribution in [2.45, 2.75) is 0 Å². The molecule has 0 heterocycles. The fraction of sp³-hybridized carbons (Fsp3) is 0.182. The SMILES string of the molecule is N#CCN(CC#N)C(=O)c1ccccc1Cl. The summed E-state index contributed by atoms with van der Waals surface area (Å²) in [6.45, 7) is -0.255. The standard InChI is InChI=1S/C11H8ClN3O/c12-10-4-2-1-3-9(10)11(16)15(7-5-13)8-6-14/h1-4H,7-8H2. The van der Waals surface area contributed by atoms with E-state index in [9.17, 15) is 4.79 Å². The third kappa shape index (κ3) is 2.73. The molecule has 0 N–H and O–H groups in total. The minimum atomic E-state index is -0.409. The number of carbonyl (C=O) groups excluding carboxylic acids is 1. The quantitative estimate of drug-likeness (QED) is 0.748.